The van der Waals surface area contributed by atoms with Crippen molar-refractivity contribution in [2.24, 2.45) is 5.41 Å². The second-order valence-electron chi connectivity index (χ2n) is 20.6. The number of phosphoric acid groups is 3. The van der Waals surface area contributed by atoms with E-state index in [1.54, 1.807) is 12.2 Å². The van der Waals surface area contributed by atoms with E-state index in [2.05, 4.69) is 54.7 Å². The Bertz CT molecular complexity index is 1140. The molecular formula is C60H123O15P3Zr. The third-order valence-electron chi connectivity index (χ3n) is 12.8. The van der Waals surface area contributed by atoms with Crippen LogP contribution >= 0.6 is 23.5 Å². The molecule has 0 heterocycles. The molecule has 0 aromatic rings. The summed E-state index contributed by atoms with van der Waals surface area (Å²) in [7, 11) is -12.2. The summed E-state index contributed by atoms with van der Waals surface area (Å²) in [6.07, 6.45) is 44.1. The van der Waals surface area contributed by atoms with Crippen LogP contribution in [0, 0.1) is 5.41 Å². The third kappa shape index (κ3) is 74.6. The van der Waals surface area contributed by atoms with Crippen molar-refractivity contribution in [2.75, 3.05) is 72.7 Å². The monoisotopic (exact) mass is 1270 g/mol. The molecule has 0 rings (SSSR count). The fraction of sp³-hybridized carbons (Fsp3) is 0.933. The van der Waals surface area contributed by atoms with Gasteiger partial charge in [0, 0.05) is 5.41 Å². The Morgan fingerprint density at radius 2 is 0.519 bits per heavy atom. The topological polar surface area (TPSA) is 217 Å². The van der Waals surface area contributed by atoms with Crippen molar-refractivity contribution in [1.29, 1.82) is 0 Å². The maximum absolute atomic E-state index is 11.5. The van der Waals surface area contributed by atoms with Crippen LogP contribution in [0.15, 0.2) is 25.3 Å². The van der Waals surface area contributed by atoms with E-state index in [9.17, 15) is 33.5 Å². The Balaban J connectivity index is -0.000000309. The van der Waals surface area contributed by atoms with E-state index in [0.717, 1.165) is 122 Å². The molecule has 0 spiro atoms. The average Bonchev–Trinajstić information content (AvgIpc) is 3.41. The summed E-state index contributed by atoms with van der Waals surface area (Å²) in [6, 6.07) is 0. The van der Waals surface area contributed by atoms with E-state index in [-0.39, 0.29) is 72.5 Å². The van der Waals surface area contributed by atoms with Gasteiger partial charge in [0.1, 0.15) is 0 Å². The zero-order valence-electron chi connectivity index (χ0n) is 52.0. The van der Waals surface area contributed by atoms with Gasteiger partial charge in [-0.1, -0.05) is 253 Å². The van der Waals surface area contributed by atoms with Gasteiger partial charge >= 0.3 is 26.2 Å². The number of ether oxygens (including phenoxy) is 2. The maximum atomic E-state index is 11.5. The summed E-state index contributed by atoms with van der Waals surface area (Å²) in [5, 5.41) is 11.2. The molecule has 0 aliphatic heterocycles. The van der Waals surface area contributed by atoms with Gasteiger partial charge < -0.3 is 56.4 Å². The summed E-state index contributed by atoms with van der Waals surface area (Å²) < 4.78 is 74.3. The number of rotatable bonds is 58. The van der Waals surface area contributed by atoms with Crippen LogP contribution < -0.4 is 19.8 Å². The fourth-order valence-electron chi connectivity index (χ4n) is 7.61. The van der Waals surface area contributed by atoms with Gasteiger partial charge in [-0.3, -0.25) is 13.7 Å². The van der Waals surface area contributed by atoms with E-state index in [0.29, 0.717) is 26.4 Å². The summed E-state index contributed by atoms with van der Waals surface area (Å²) in [5.41, 5.74) is -0.411. The predicted octanol–water partition coefficient (Wildman–Crippen LogP) is 16.8. The van der Waals surface area contributed by atoms with Gasteiger partial charge in [-0.05, 0) is 44.9 Å². The molecule has 0 saturated carbocycles. The first kappa shape index (κ1) is 88.3. The van der Waals surface area contributed by atoms with E-state index in [1.165, 1.54) is 116 Å². The molecule has 0 atom stereocenters. The number of phosphoric ester groups is 3. The van der Waals surface area contributed by atoms with Crippen molar-refractivity contribution < 1.29 is 96.3 Å². The Hall–Kier alpha value is 0.573. The van der Waals surface area contributed by atoms with Gasteiger partial charge in [-0.2, -0.15) is 0 Å². The van der Waals surface area contributed by atoms with Gasteiger partial charge in [-0.15, -0.1) is 19.8 Å². The molecule has 0 fully saturated rings. The van der Waals surface area contributed by atoms with E-state index in [4.69, 9.17) is 36.6 Å². The van der Waals surface area contributed by atoms with E-state index in [1.807, 2.05) is 6.92 Å². The van der Waals surface area contributed by atoms with Crippen LogP contribution in [0.5, 0.6) is 0 Å². The normalized spacial score (nSPS) is 11.7. The molecule has 0 saturated heterocycles. The van der Waals surface area contributed by atoms with Gasteiger partial charge in [-0.25, -0.2) is 0 Å². The largest absolute Gasteiger partial charge is 4.00 e. The van der Waals surface area contributed by atoms with Gasteiger partial charge in [0.05, 0.1) is 66.1 Å². The Morgan fingerprint density at radius 3 is 0.671 bits per heavy atom. The molecule has 19 heteroatoms. The van der Waals surface area contributed by atoms with Crippen molar-refractivity contribution in [1.82, 2.24) is 0 Å². The molecule has 0 aromatic heterocycles. The second-order valence-corrected chi connectivity index (χ2v) is 24.8. The summed E-state index contributed by atoms with van der Waals surface area (Å²) in [6.45, 7) is 25.3. The Labute approximate surface area is 506 Å². The average molecular weight is 1270 g/mol. The summed E-state index contributed by atoms with van der Waals surface area (Å²) in [4.78, 5) is 34.5. The summed E-state index contributed by atoms with van der Waals surface area (Å²) in [5.74, 6) is 0. The minimum Gasteiger partial charge on any atom is -0.854 e. The third-order valence-corrected chi connectivity index (χ3v) is 15.8. The molecule has 0 N–H and O–H groups in total. The van der Waals surface area contributed by atoms with E-state index >= 15 is 0 Å². The first-order chi connectivity index (χ1) is 37.6. The van der Waals surface area contributed by atoms with Crippen molar-refractivity contribution in [3.63, 3.8) is 0 Å². The van der Waals surface area contributed by atoms with Crippen molar-refractivity contribution >= 4 is 23.5 Å². The van der Waals surface area contributed by atoms with Gasteiger partial charge in [0.15, 0.2) is 0 Å². The minimum atomic E-state index is -4.07. The Morgan fingerprint density at radius 1 is 0.342 bits per heavy atom. The molecule has 79 heavy (non-hydrogen) atoms. The SMILES string of the molecule is C=CCOCC(CC)(C[O-])COCC=C.CCCCCCCCOP(=O)([O-])OCCCCCCCC.CCCCCCCCOP(=O)([O-])OCCCCCCCC.CCCCCCCCOP(=O)([O-])OCCCCCCCC.[Zr+4]. The number of hydrogen-bond acceptors (Lipinski definition) is 15. The molecular weight excluding hydrogens is 1140 g/mol. The maximum Gasteiger partial charge on any atom is 4.00 e. The molecule has 0 radical (unpaired) electrons. The van der Waals surface area contributed by atoms with Crippen LogP contribution in [0.25, 0.3) is 0 Å². The van der Waals surface area contributed by atoms with Crippen LogP contribution in [0.3, 0.4) is 0 Å². The molecule has 0 unspecified atom stereocenters. The quantitative estimate of drug-likeness (QED) is 0.0314. The Kier molecular flexibility index (Phi) is 77.5. The summed E-state index contributed by atoms with van der Waals surface area (Å²) >= 11 is 0. The number of hydrogen-bond donors (Lipinski definition) is 0. The van der Waals surface area contributed by atoms with Crippen LogP contribution in [-0.2, 0) is 76.5 Å². The zero-order chi connectivity index (χ0) is 59.0. The molecule has 0 aliphatic rings. The van der Waals surface area contributed by atoms with Gasteiger partial charge in [0.25, 0.3) is 23.5 Å². The van der Waals surface area contributed by atoms with Crippen LogP contribution in [0.1, 0.15) is 286 Å². The molecule has 0 aromatic carbocycles. The first-order valence-corrected chi connectivity index (χ1v) is 35.7. The van der Waals surface area contributed by atoms with Crippen LogP contribution in [0.2, 0.25) is 0 Å². The molecule has 0 bridgehead atoms. The predicted molar refractivity (Wildman–Crippen MR) is 318 cm³/mol. The molecule has 0 amide bonds. The van der Waals surface area contributed by atoms with Crippen molar-refractivity contribution in [3.8, 4) is 0 Å². The molecule has 472 valence electrons. The minimum absolute atomic E-state index is 0. The zero-order valence-corrected chi connectivity index (χ0v) is 57.1. The van der Waals surface area contributed by atoms with Crippen LogP contribution in [0.4, 0.5) is 0 Å². The van der Waals surface area contributed by atoms with E-state index < -0.39 is 28.9 Å². The van der Waals surface area contributed by atoms with Crippen molar-refractivity contribution in [2.45, 2.75) is 286 Å². The number of unbranched alkanes of at least 4 members (excludes halogenated alkanes) is 30. The molecule has 15 nitrogen and oxygen atoms in total. The molecule has 0 aliphatic carbocycles. The standard InChI is InChI=1S/3C16H35O4P.C12H21O3.Zr/c3*1-3-5-7-9-11-13-15-19-21(17,18)20-16-14-12-10-8-6-4-2;1-4-7-14-10-12(6-3,9-13)11-15-8-5-2;/h3*3-16H2,1-2H3,(H,17,18);4-5H,1-2,6-11H2,3H3;/q;;;-1;+4/p-3. The fourth-order valence-corrected chi connectivity index (χ4v) is 9.95. The van der Waals surface area contributed by atoms with Crippen molar-refractivity contribution in [3.05, 3.63) is 25.3 Å². The smallest absolute Gasteiger partial charge is 0.854 e. The van der Waals surface area contributed by atoms with Crippen LogP contribution in [-0.4, -0.2) is 72.7 Å². The second kappa shape index (κ2) is 69.3. The first-order valence-electron chi connectivity index (χ1n) is 31.4. The van der Waals surface area contributed by atoms with Gasteiger partial charge in [0.2, 0.25) is 0 Å².